The zero-order chi connectivity index (χ0) is 11.7. The number of anilines is 1. The van der Waals surface area contributed by atoms with Gasteiger partial charge in [-0.25, -0.2) is 0 Å². The van der Waals surface area contributed by atoms with Crippen LogP contribution in [0.1, 0.15) is 5.56 Å². The molecule has 0 amide bonds. The maximum atomic E-state index is 5.98. The molecule has 0 saturated carbocycles. The summed E-state index contributed by atoms with van der Waals surface area (Å²) in [6.45, 7) is 1.79. The predicted molar refractivity (Wildman–Crippen MR) is 63.2 cm³/mol. The number of fused-ring (bicyclic) bond motifs is 1. The number of aromatic nitrogens is 2. The van der Waals surface area contributed by atoms with Crippen LogP contribution in [0.25, 0.3) is 0 Å². The molecule has 17 heavy (non-hydrogen) atoms. The van der Waals surface area contributed by atoms with E-state index in [1.807, 2.05) is 29.1 Å². The van der Waals surface area contributed by atoms with Crippen LogP contribution in [0.3, 0.4) is 0 Å². The smallest absolute Gasteiger partial charge is 0.163 e. The standard InChI is InChI=1S/C12H13N3O2/c13-10-7-12-11(16-4-5-17-12)6-9(10)8-15-3-1-2-14-15/h1-3,6-7H,4-5,8,13H2. The molecule has 2 aromatic rings. The summed E-state index contributed by atoms with van der Waals surface area (Å²) < 4.78 is 12.8. The van der Waals surface area contributed by atoms with Crippen LogP contribution in [0, 0.1) is 0 Å². The number of ether oxygens (including phenoxy) is 2. The lowest BCUT2D eigenvalue weighted by Gasteiger charge is -2.20. The Hall–Kier alpha value is -2.17. The highest BCUT2D eigenvalue weighted by atomic mass is 16.6. The lowest BCUT2D eigenvalue weighted by atomic mass is 10.1. The van der Waals surface area contributed by atoms with Gasteiger partial charge in [0.15, 0.2) is 11.5 Å². The van der Waals surface area contributed by atoms with Crippen molar-refractivity contribution in [3.63, 3.8) is 0 Å². The Kier molecular flexibility index (Phi) is 2.36. The Labute approximate surface area is 98.8 Å². The summed E-state index contributed by atoms with van der Waals surface area (Å²) in [5.74, 6) is 1.48. The Morgan fingerprint density at radius 2 is 2.00 bits per heavy atom. The Morgan fingerprint density at radius 3 is 2.71 bits per heavy atom. The van der Waals surface area contributed by atoms with E-state index in [1.54, 1.807) is 6.20 Å². The van der Waals surface area contributed by atoms with Crippen molar-refractivity contribution in [1.29, 1.82) is 0 Å². The average molecular weight is 231 g/mol. The Balaban J connectivity index is 1.94. The highest BCUT2D eigenvalue weighted by Gasteiger charge is 2.14. The van der Waals surface area contributed by atoms with Gasteiger partial charge in [-0.2, -0.15) is 5.10 Å². The molecule has 2 heterocycles. The predicted octanol–water partition coefficient (Wildman–Crippen LogP) is 1.28. The van der Waals surface area contributed by atoms with Gasteiger partial charge in [-0.15, -0.1) is 0 Å². The van der Waals surface area contributed by atoms with Gasteiger partial charge in [0.25, 0.3) is 0 Å². The van der Waals surface area contributed by atoms with E-state index in [0.29, 0.717) is 25.4 Å². The highest BCUT2D eigenvalue weighted by Crippen LogP contribution is 2.34. The summed E-state index contributed by atoms with van der Waals surface area (Å²) >= 11 is 0. The van der Waals surface area contributed by atoms with Gasteiger partial charge in [0, 0.05) is 29.7 Å². The van der Waals surface area contributed by atoms with Gasteiger partial charge in [-0.05, 0) is 12.1 Å². The van der Waals surface area contributed by atoms with Gasteiger partial charge >= 0.3 is 0 Å². The van der Waals surface area contributed by atoms with E-state index < -0.39 is 0 Å². The van der Waals surface area contributed by atoms with E-state index in [2.05, 4.69) is 5.10 Å². The molecule has 0 unspecified atom stereocenters. The fraction of sp³-hybridized carbons (Fsp3) is 0.250. The van der Waals surface area contributed by atoms with Crippen LogP contribution >= 0.6 is 0 Å². The van der Waals surface area contributed by atoms with Crippen molar-refractivity contribution in [3.8, 4) is 11.5 Å². The maximum Gasteiger partial charge on any atom is 0.163 e. The summed E-state index contributed by atoms with van der Waals surface area (Å²) in [6, 6.07) is 5.62. The summed E-state index contributed by atoms with van der Waals surface area (Å²) in [4.78, 5) is 0. The minimum atomic E-state index is 0.574. The number of nitrogens with two attached hydrogens (primary N) is 1. The summed E-state index contributed by atoms with van der Waals surface area (Å²) in [5.41, 5.74) is 7.67. The molecule has 0 spiro atoms. The van der Waals surface area contributed by atoms with Crippen LogP contribution in [0.15, 0.2) is 30.6 Å². The average Bonchev–Trinajstić information content (AvgIpc) is 2.83. The number of hydrogen-bond acceptors (Lipinski definition) is 4. The first-order valence-corrected chi connectivity index (χ1v) is 5.48. The van der Waals surface area contributed by atoms with Crippen LogP contribution in [0.5, 0.6) is 11.5 Å². The van der Waals surface area contributed by atoms with Crippen molar-refractivity contribution in [2.75, 3.05) is 18.9 Å². The van der Waals surface area contributed by atoms with E-state index in [1.165, 1.54) is 0 Å². The third-order valence-corrected chi connectivity index (χ3v) is 2.70. The largest absolute Gasteiger partial charge is 0.486 e. The molecule has 0 fully saturated rings. The minimum absolute atomic E-state index is 0.574. The molecule has 1 aliphatic rings. The van der Waals surface area contributed by atoms with E-state index in [4.69, 9.17) is 15.2 Å². The zero-order valence-electron chi connectivity index (χ0n) is 9.30. The van der Waals surface area contributed by atoms with Crippen molar-refractivity contribution in [3.05, 3.63) is 36.2 Å². The van der Waals surface area contributed by atoms with Crippen molar-refractivity contribution >= 4 is 5.69 Å². The van der Waals surface area contributed by atoms with Crippen molar-refractivity contribution < 1.29 is 9.47 Å². The van der Waals surface area contributed by atoms with Gasteiger partial charge in [-0.1, -0.05) is 0 Å². The van der Waals surface area contributed by atoms with E-state index in [-0.39, 0.29) is 0 Å². The molecule has 1 aromatic carbocycles. The van der Waals surface area contributed by atoms with Crippen molar-refractivity contribution in [2.24, 2.45) is 0 Å². The van der Waals surface area contributed by atoms with Crippen LogP contribution in [0.2, 0.25) is 0 Å². The second-order valence-corrected chi connectivity index (χ2v) is 3.90. The first-order chi connectivity index (χ1) is 8.33. The molecule has 2 N–H and O–H groups in total. The number of benzene rings is 1. The fourth-order valence-corrected chi connectivity index (χ4v) is 1.85. The molecular formula is C12H13N3O2. The lowest BCUT2D eigenvalue weighted by Crippen LogP contribution is -2.16. The van der Waals surface area contributed by atoms with Gasteiger partial charge in [0.05, 0.1) is 6.54 Å². The van der Waals surface area contributed by atoms with Gasteiger partial charge in [0.1, 0.15) is 13.2 Å². The van der Waals surface area contributed by atoms with Gasteiger partial charge < -0.3 is 15.2 Å². The van der Waals surface area contributed by atoms with Crippen molar-refractivity contribution in [1.82, 2.24) is 9.78 Å². The SMILES string of the molecule is Nc1cc2c(cc1Cn1cccn1)OCCO2. The molecule has 1 aliphatic heterocycles. The molecule has 0 atom stereocenters. The summed E-state index contributed by atoms with van der Waals surface area (Å²) in [6.07, 6.45) is 3.64. The monoisotopic (exact) mass is 231 g/mol. The molecule has 3 rings (SSSR count). The van der Waals surface area contributed by atoms with Crippen LogP contribution in [-0.2, 0) is 6.54 Å². The second kappa shape index (κ2) is 4.01. The molecule has 1 aromatic heterocycles. The Bertz CT molecular complexity index is 523. The third-order valence-electron chi connectivity index (χ3n) is 2.70. The molecule has 0 aliphatic carbocycles. The molecular weight excluding hydrogens is 218 g/mol. The zero-order valence-corrected chi connectivity index (χ0v) is 9.30. The minimum Gasteiger partial charge on any atom is -0.486 e. The van der Waals surface area contributed by atoms with Gasteiger partial charge in [-0.3, -0.25) is 4.68 Å². The summed E-state index contributed by atoms with van der Waals surface area (Å²) in [7, 11) is 0. The van der Waals surface area contributed by atoms with Gasteiger partial charge in [0.2, 0.25) is 0 Å². The lowest BCUT2D eigenvalue weighted by molar-refractivity contribution is 0.171. The molecule has 0 radical (unpaired) electrons. The molecule has 88 valence electrons. The van der Waals surface area contributed by atoms with E-state index in [0.717, 1.165) is 17.1 Å². The van der Waals surface area contributed by atoms with Crippen LogP contribution < -0.4 is 15.2 Å². The molecule has 0 saturated heterocycles. The van der Waals surface area contributed by atoms with Crippen LogP contribution in [-0.4, -0.2) is 23.0 Å². The number of hydrogen-bond donors (Lipinski definition) is 1. The fourth-order valence-electron chi connectivity index (χ4n) is 1.85. The number of nitrogens with zero attached hydrogens (tertiary/aromatic N) is 2. The second-order valence-electron chi connectivity index (χ2n) is 3.90. The first kappa shape index (κ1) is 10.0. The highest BCUT2D eigenvalue weighted by molar-refractivity contribution is 5.58. The quantitative estimate of drug-likeness (QED) is 0.791. The van der Waals surface area contributed by atoms with Crippen LogP contribution in [0.4, 0.5) is 5.69 Å². The third kappa shape index (κ3) is 1.91. The topological polar surface area (TPSA) is 62.3 Å². The summed E-state index contributed by atoms with van der Waals surface area (Å²) in [5, 5.41) is 4.15. The number of nitrogen functional groups attached to an aromatic ring is 1. The molecule has 5 nitrogen and oxygen atoms in total. The van der Waals surface area contributed by atoms with Crippen molar-refractivity contribution in [2.45, 2.75) is 6.54 Å². The molecule has 5 heteroatoms. The molecule has 0 bridgehead atoms. The number of rotatable bonds is 2. The Morgan fingerprint density at radius 1 is 1.24 bits per heavy atom. The van der Waals surface area contributed by atoms with E-state index >= 15 is 0 Å². The normalized spacial score (nSPS) is 13.6. The maximum absolute atomic E-state index is 5.98. The first-order valence-electron chi connectivity index (χ1n) is 5.48. The van der Waals surface area contributed by atoms with E-state index in [9.17, 15) is 0 Å².